The minimum atomic E-state index is -0.115. The van der Waals surface area contributed by atoms with Crippen LogP contribution in [0.3, 0.4) is 0 Å². The Morgan fingerprint density at radius 2 is 1.93 bits per heavy atom. The van der Waals surface area contributed by atoms with Gasteiger partial charge in [-0.25, -0.2) is 4.98 Å². The van der Waals surface area contributed by atoms with Crippen LogP contribution in [0.4, 0.5) is 0 Å². The number of aryl methyl sites for hydroxylation is 1. The van der Waals surface area contributed by atoms with Crippen LogP contribution in [0.25, 0.3) is 0 Å². The Labute approximate surface area is 166 Å². The summed E-state index contributed by atoms with van der Waals surface area (Å²) >= 11 is 1.15. The highest BCUT2D eigenvalue weighted by Crippen LogP contribution is 2.22. The van der Waals surface area contributed by atoms with Crippen molar-refractivity contribution in [3.63, 3.8) is 0 Å². The van der Waals surface area contributed by atoms with Crippen LogP contribution in [0, 0.1) is 6.92 Å². The van der Waals surface area contributed by atoms with E-state index < -0.39 is 0 Å². The first-order valence-corrected chi connectivity index (χ1v) is 9.61. The first-order chi connectivity index (χ1) is 13.5. The first-order valence-electron chi connectivity index (χ1n) is 8.73. The van der Waals surface area contributed by atoms with E-state index in [2.05, 4.69) is 10.3 Å². The highest BCUT2D eigenvalue weighted by atomic mass is 32.1. The van der Waals surface area contributed by atoms with Crippen LogP contribution in [0.5, 0.6) is 17.4 Å². The predicted octanol–water partition coefficient (Wildman–Crippen LogP) is 3.12. The summed E-state index contributed by atoms with van der Waals surface area (Å²) in [5, 5.41) is 4.63. The molecule has 0 aliphatic carbocycles. The van der Waals surface area contributed by atoms with E-state index in [1.54, 1.807) is 41.5 Å². The zero-order valence-electron chi connectivity index (χ0n) is 15.7. The number of hydrogen-bond acceptors (Lipinski definition) is 6. The molecule has 3 rings (SSSR count). The van der Waals surface area contributed by atoms with E-state index in [1.807, 2.05) is 25.1 Å². The Morgan fingerprint density at radius 1 is 1.18 bits per heavy atom. The van der Waals surface area contributed by atoms with Crippen LogP contribution < -0.4 is 19.7 Å². The molecule has 0 aliphatic heterocycles. The van der Waals surface area contributed by atoms with Gasteiger partial charge < -0.3 is 19.4 Å². The molecule has 28 heavy (non-hydrogen) atoms. The van der Waals surface area contributed by atoms with Crippen molar-refractivity contribution < 1.29 is 14.3 Å². The quantitative estimate of drug-likeness (QED) is 0.629. The zero-order chi connectivity index (χ0) is 19.9. The molecule has 0 bridgehead atoms. The van der Waals surface area contributed by atoms with E-state index >= 15 is 0 Å². The fourth-order valence-corrected chi connectivity index (χ4v) is 3.28. The Morgan fingerprint density at radius 3 is 2.54 bits per heavy atom. The maximum atomic E-state index is 12.0. The Balaban J connectivity index is 1.47. The number of benzene rings is 1. The third-order valence-electron chi connectivity index (χ3n) is 4.11. The molecule has 7 nitrogen and oxygen atoms in total. The fraction of sp³-hybridized carbons (Fsp3) is 0.250. The van der Waals surface area contributed by atoms with E-state index in [4.69, 9.17) is 9.47 Å². The molecule has 0 saturated heterocycles. The summed E-state index contributed by atoms with van der Waals surface area (Å²) in [5.41, 5.74) is 1.73. The molecule has 0 radical (unpaired) electrons. The number of nitrogens with one attached hydrogen (secondary N) is 1. The van der Waals surface area contributed by atoms with Gasteiger partial charge in [0.25, 0.3) is 0 Å². The van der Waals surface area contributed by atoms with Crippen molar-refractivity contribution in [3.8, 4) is 17.4 Å². The van der Waals surface area contributed by atoms with Gasteiger partial charge in [-0.2, -0.15) is 0 Å². The molecule has 1 amide bonds. The third-order valence-corrected chi connectivity index (χ3v) is 4.99. The number of nitrogens with zero attached hydrogens (tertiary/aromatic N) is 2. The second-order valence-corrected chi connectivity index (χ2v) is 6.92. The number of methoxy groups -OCH3 is 1. The lowest BCUT2D eigenvalue weighted by Crippen LogP contribution is -2.26. The average Bonchev–Trinajstić information content (AvgIpc) is 3.04. The second kappa shape index (κ2) is 9.18. The fourth-order valence-electron chi connectivity index (χ4n) is 2.52. The summed E-state index contributed by atoms with van der Waals surface area (Å²) in [7, 11) is 1.61. The van der Waals surface area contributed by atoms with Crippen molar-refractivity contribution in [2.24, 2.45) is 0 Å². The number of aromatic nitrogens is 2. The summed E-state index contributed by atoms with van der Waals surface area (Å²) in [4.78, 5) is 27.9. The number of rotatable bonds is 8. The normalized spacial score (nSPS) is 10.5. The van der Waals surface area contributed by atoms with Crippen LogP contribution in [0.1, 0.15) is 17.7 Å². The topological polar surface area (TPSA) is 82.5 Å². The van der Waals surface area contributed by atoms with E-state index in [9.17, 15) is 9.59 Å². The first kappa shape index (κ1) is 19.6. The molecule has 0 unspecified atom stereocenters. The van der Waals surface area contributed by atoms with Gasteiger partial charge in [-0.1, -0.05) is 17.4 Å². The molecule has 2 heterocycles. The number of thiazole rings is 1. The number of pyridine rings is 1. The number of amides is 1. The summed E-state index contributed by atoms with van der Waals surface area (Å²) in [6, 6.07) is 10.8. The molecule has 0 fully saturated rings. The lowest BCUT2D eigenvalue weighted by Gasteiger charge is -2.08. The van der Waals surface area contributed by atoms with Gasteiger partial charge in [0.15, 0.2) is 0 Å². The largest absolute Gasteiger partial charge is 0.497 e. The molecule has 8 heteroatoms. The number of carbonyl (C=O) groups is 1. The number of carbonyl (C=O) groups excluding carboxylic acids is 1. The molecule has 0 saturated carbocycles. The Bertz CT molecular complexity index is 978. The minimum absolute atomic E-state index is 0.0399. The molecule has 0 atom stereocenters. The average molecular weight is 399 g/mol. The Kier molecular flexibility index (Phi) is 6.44. The van der Waals surface area contributed by atoms with Crippen LogP contribution in [-0.4, -0.2) is 22.6 Å². The summed E-state index contributed by atoms with van der Waals surface area (Å²) in [6.07, 6.45) is 1.91. The van der Waals surface area contributed by atoms with Gasteiger partial charge in [0.05, 0.1) is 7.11 Å². The molecule has 1 N–H and O–H groups in total. The minimum Gasteiger partial charge on any atom is -0.497 e. The highest BCUT2D eigenvalue weighted by molar-refractivity contribution is 7.07. The second-order valence-electron chi connectivity index (χ2n) is 6.10. The maximum Gasteiger partial charge on any atom is 0.307 e. The lowest BCUT2D eigenvalue weighted by molar-refractivity contribution is -0.121. The predicted molar refractivity (Wildman–Crippen MR) is 107 cm³/mol. The molecule has 1 aromatic carbocycles. The Hall–Kier alpha value is -3.13. The zero-order valence-corrected chi connectivity index (χ0v) is 16.5. The van der Waals surface area contributed by atoms with Crippen molar-refractivity contribution in [1.29, 1.82) is 0 Å². The van der Waals surface area contributed by atoms with Gasteiger partial charge in [-0.15, -0.1) is 0 Å². The van der Waals surface area contributed by atoms with Gasteiger partial charge in [-0.3, -0.25) is 9.59 Å². The van der Waals surface area contributed by atoms with Crippen molar-refractivity contribution in [2.75, 3.05) is 7.11 Å². The van der Waals surface area contributed by atoms with Crippen LogP contribution in [0.15, 0.2) is 52.8 Å². The molecule has 0 spiro atoms. The van der Waals surface area contributed by atoms with Gasteiger partial charge in [0.2, 0.25) is 11.8 Å². The standard InChI is InChI=1S/C20H21N3O4S/c1-14-13-28-20(25)23(14)10-9-18(24)21-11-15-3-8-19(22-12-15)27-17-6-4-16(26-2)5-7-17/h3-8,12-13H,9-11H2,1-2H3,(H,21,24). The van der Waals surface area contributed by atoms with Crippen molar-refractivity contribution in [2.45, 2.75) is 26.4 Å². The molecule has 146 valence electrons. The molecular formula is C20H21N3O4S. The van der Waals surface area contributed by atoms with Gasteiger partial charge in [0.1, 0.15) is 11.5 Å². The van der Waals surface area contributed by atoms with Crippen LogP contribution in [0.2, 0.25) is 0 Å². The summed E-state index contributed by atoms with van der Waals surface area (Å²) < 4.78 is 12.4. The third kappa shape index (κ3) is 5.20. The molecule has 3 aromatic rings. The lowest BCUT2D eigenvalue weighted by atomic mass is 10.2. The van der Waals surface area contributed by atoms with Crippen molar-refractivity contribution in [3.05, 3.63) is 68.9 Å². The van der Waals surface area contributed by atoms with Crippen LogP contribution in [-0.2, 0) is 17.9 Å². The van der Waals surface area contributed by atoms with Crippen molar-refractivity contribution >= 4 is 17.2 Å². The molecule has 2 aromatic heterocycles. The van der Waals surface area contributed by atoms with Crippen LogP contribution >= 0.6 is 11.3 Å². The van der Waals surface area contributed by atoms with Gasteiger partial charge in [0, 0.05) is 42.8 Å². The summed E-state index contributed by atoms with van der Waals surface area (Å²) in [6.45, 7) is 2.61. The molecule has 0 aliphatic rings. The summed E-state index contributed by atoms with van der Waals surface area (Å²) in [5.74, 6) is 1.77. The SMILES string of the molecule is COc1ccc(Oc2ccc(CNC(=O)CCn3c(C)csc3=O)cn2)cc1. The number of ether oxygens (including phenoxy) is 2. The molecular weight excluding hydrogens is 378 g/mol. The van der Waals surface area contributed by atoms with Gasteiger partial charge >= 0.3 is 4.87 Å². The highest BCUT2D eigenvalue weighted by Gasteiger charge is 2.07. The number of hydrogen-bond donors (Lipinski definition) is 1. The van der Waals surface area contributed by atoms with E-state index in [-0.39, 0.29) is 17.2 Å². The van der Waals surface area contributed by atoms with E-state index in [0.717, 1.165) is 28.3 Å². The van der Waals surface area contributed by atoms with E-state index in [1.165, 1.54) is 0 Å². The monoisotopic (exact) mass is 399 g/mol. The van der Waals surface area contributed by atoms with Gasteiger partial charge in [-0.05, 0) is 36.8 Å². The van der Waals surface area contributed by atoms with E-state index in [0.29, 0.717) is 24.7 Å². The van der Waals surface area contributed by atoms with Crippen molar-refractivity contribution in [1.82, 2.24) is 14.9 Å². The maximum absolute atomic E-state index is 12.0. The smallest absolute Gasteiger partial charge is 0.307 e.